The maximum atomic E-state index is 11.3. The number of hydrogen-bond acceptors (Lipinski definition) is 3. The molecule has 0 bridgehead atoms. The van der Waals surface area contributed by atoms with Crippen molar-refractivity contribution in [1.29, 1.82) is 0 Å². The van der Waals surface area contributed by atoms with E-state index < -0.39 is 0 Å². The summed E-state index contributed by atoms with van der Waals surface area (Å²) in [6.45, 7) is 10.4. The molecule has 0 aliphatic heterocycles. The van der Waals surface area contributed by atoms with Crippen molar-refractivity contribution in [3.8, 4) is 0 Å². The lowest BCUT2D eigenvalue weighted by Gasteiger charge is -2.23. The average Bonchev–Trinajstić information content (AvgIpc) is 2.37. The van der Waals surface area contributed by atoms with Gasteiger partial charge < -0.3 is 10.1 Å². The van der Waals surface area contributed by atoms with Gasteiger partial charge in [0.15, 0.2) is 0 Å². The van der Waals surface area contributed by atoms with Crippen LogP contribution in [0.5, 0.6) is 0 Å². The SMILES string of the molecule is C=C(C)CC(Nc1ccc(C(=O)OC)cc1)C(C)C. The van der Waals surface area contributed by atoms with Gasteiger partial charge in [-0.2, -0.15) is 0 Å². The second kappa shape index (κ2) is 6.98. The standard InChI is InChI=1S/C16H23NO2/c1-11(2)10-15(12(3)4)17-14-8-6-13(7-9-14)16(18)19-5/h6-9,12,15,17H,1,10H2,2-5H3. The molecule has 1 aromatic carbocycles. The van der Waals surface area contributed by atoms with Crippen LogP contribution in [-0.4, -0.2) is 19.1 Å². The van der Waals surface area contributed by atoms with E-state index in [9.17, 15) is 4.79 Å². The molecule has 0 aliphatic carbocycles. The Morgan fingerprint density at radius 3 is 2.32 bits per heavy atom. The Labute approximate surface area is 115 Å². The third-order valence-corrected chi connectivity index (χ3v) is 3.03. The van der Waals surface area contributed by atoms with Gasteiger partial charge in [0.05, 0.1) is 12.7 Å². The zero-order valence-corrected chi connectivity index (χ0v) is 12.2. The third-order valence-electron chi connectivity index (χ3n) is 3.03. The molecule has 3 nitrogen and oxygen atoms in total. The summed E-state index contributed by atoms with van der Waals surface area (Å²) >= 11 is 0. The largest absolute Gasteiger partial charge is 0.465 e. The molecule has 0 saturated heterocycles. The maximum absolute atomic E-state index is 11.3. The molecule has 0 aromatic heterocycles. The minimum atomic E-state index is -0.311. The summed E-state index contributed by atoms with van der Waals surface area (Å²) in [5, 5.41) is 3.48. The highest BCUT2D eigenvalue weighted by Crippen LogP contribution is 2.18. The molecule has 0 radical (unpaired) electrons. The Bertz CT molecular complexity index is 435. The van der Waals surface area contributed by atoms with Crippen molar-refractivity contribution in [2.24, 2.45) is 5.92 Å². The Hall–Kier alpha value is -1.77. The molecule has 1 N–H and O–H groups in total. The van der Waals surface area contributed by atoms with Crippen LogP contribution in [0.2, 0.25) is 0 Å². The van der Waals surface area contributed by atoms with Crippen molar-refractivity contribution >= 4 is 11.7 Å². The van der Waals surface area contributed by atoms with Crippen LogP contribution >= 0.6 is 0 Å². The van der Waals surface area contributed by atoms with E-state index in [4.69, 9.17) is 0 Å². The number of rotatable bonds is 6. The molecular weight excluding hydrogens is 238 g/mol. The Morgan fingerprint density at radius 2 is 1.89 bits per heavy atom. The summed E-state index contributed by atoms with van der Waals surface area (Å²) < 4.78 is 4.68. The van der Waals surface area contributed by atoms with Gasteiger partial charge in [0.25, 0.3) is 0 Å². The molecule has 1 atom stereocenters. The smallest absolute Gasteiger partial charge is 0.337 e. The van der Waals surface area contributed by atoms with E-state index in [0.29, 0.717) is 17.5 Å². The highest BCUT2D eigenvalue weighted by Gasteiger charge is 2.13. The lowest BCUT2D eigenvalue weighted by atomic mass is 9.97. The molecule has 1 rings (SSSR count). The fourth-order valence-electron chi connectivity index (χ4n) is 1.86. The second-order valence-corrected chi connectivity index (χ2v) is 5.23. The Morgan fingerprint density at radius 1 is 1.32 bits per heavy atom. The van der Waals surface area contributed by atoms with Crippen molar-refractivity contribution in [2.75, 3.05) is 12.4 Å². The van der Waals surface area contributed by atoms with E-state index in [1.165, 1.54) is 7.11 Å². The number of esters is 1. The van der Waals surface area contributed by atoms with Gasteiger partial charge in [-0.05, 0) is 43.5 Å². The molecule has 0 fully saturated rings. The van der Waals surface area contributed by atoms with Gasteiger partial charge in [0.1, 0.15) is 0 Å². The van der Waals surface area contributed by atoms with Crippen LogP contribution in [0.25, 0.3) is 0 Å². The van der Waals surface area contributed by atoms with Gasteiger partial charge >= 0.3 is 5.97 Å². The fourth-order valence-corrected chi connectivity index (χ4v) is 1.86. The summed E-state index contributed by atoms with van der Waals surface area (Å²) in [6.07, 6.45) is 0.941. The van der Waals surface area contributed by atoms with Crippen LogP contribution < -0.4 is 5.32 Å². The highest BCUT2D eigenvalue weighted by atomic mass is 16.5. The molecular formula is C16H23NO2. The molecule has 0 amide bonds. The number of carbonyl (C=O) groups is 1. The van der Waals surface area contributed by atoms with Crippen molar-refractivity contribution in [3.05, 3.63) is 42.0 Å². The first-order chi connectivity index (χ1) is 8.93. The van der Waals surface area contributed by atoms with Gasteiger partial charge in [-0.3, -0.25) is 0 Å². The van der Waals surface area contributed by atoms with Crippen LogP contribution in [0.15, 0.2) is 36.4 Å². The van der Waals surface area contributed by atoms with Gasteiger partial charge in [0, 0.05) is 11.7 Å². The van der Waals surface area contributed by atoms with E-state index in [-0.39, 0.29) is 5.97 Å². The first kappa shape index (κ1) is 15.3. The van der Waals surface area contributed by atoms with Crippen LogP contribution in [-0.2, 0) is 4.74 Å². The number of benzene rings is 1. The Kier molecular flexibility index (Phi) is 5.61. The normalized spacial score (nSPS) is 12.1. The summed E-state index contributed by atoms with van der Waals surface area (Å²) in [6, 6.07) is 7.69. The Balaban J connectivity index is 2.74. The third kappa shape index (κ3) is 4.78. The summed E-state index contributed by atoms with van der Waals surface area (Å²) in [5.41, 5.74) is 2.74. The van der Waals surface area contributed by atoms with Crippen molar-refractivity contribution in [1.82, 2.24) is 0 Å². The molecule has 1 aromatic rings. The maximum Gasteiger partial charge on any atom is 0.337 e. The number of anilines is 1. The predicted octanol–water partition coefficient (Wildman–Crippen LogP) is 3.88. The molecule has 0 spiro atoms. The fraction of sp³-hybridized carbons (Fsp3) is 0.438. The minimum Gasteiger partial charge on any atom is -0.465 e. The number of methoxy groups -OCH3 is 1. The summed E-state index contributed by atoms with van der Waals surface area (Å²) in [7, 11) is 1.39. The van der Waals surface area contributed by atoms with E-state index in [1.807, 2.05) is 19.1 Å². The van der Waals surface area contributed by atoms with Gasteiger partial charge in [-0.15, -0.1) is 6.58 Å². The van der Waals surface area contributed by atoms with Gasteiger partial charge in [-0.1, -0.05) is 19.4 Å². The molecule has 3 heteroatoms. The molecule has 0 aliphatic rings. The van der Waals surface area contributed by atoms with E-state index in [2.05, 4.69) is 30.5 Å². The molecule has 1 unspecified atom stereocenters. The highest BCUT2D eigenvalue weighted by molar-refractivity contribution is 5.89. The quantitative estimate of drug-likeness (QED) is 0.624. The number of carbonyl (C=O) groups excluding carboxylic acids is 1. The summed E-state index contributed by atoms with van der Waals surface area (Å²) in [5.74, 6) is 0.200. The summed E-state index contributed by atoms with van der Waals surface area (Å²) in [4.78, 5) is 11.3. The topological polar surface area (TPSA) is 38.3 Å². The minimum absolute atomic E-state index is 0.311. The zero-order chi connectivity index (χ0) is 14.4. The number of hydrogen-bond donors (Lipinski definition) is 1. The molecule has 104 valence electrons. The first-order valence-electron chi connectivity index (χ1n) is 6.53. The zero-order valence-electron chi connectivity index (χ0n) is 12.2. The monoisotopic (exact) mass is 261 g/mol. The first-order valence-corrected chi connectivity index (χ1v) is 6.53. The molecule has 0 heterocycles. The second-order valence-electron chi connectivity index (χ2n) is 5.23. The van der Waals surface area contributed by atoms with Gasteiger partial charge in [0.2, 0.25) is 0 Å². The van der Waals surface area contributed by atoms with Crippen LogP contribution in [0.4, 0.5) is 5.69 Å². The van der Waals surface area contributed by atoms with Crippen molar-refractivity contribution in [3.63, 3.8) is 0 Å². The van der Waals surface area contributed by atoms with E-state index >= 15 is 0 Å². The van der Waals surface area contributed by atoms with E-state index in [0.717, 1.165) is 17.7 Å². The van der Waals surface area contributed by atoms with Gasteiger partial charge in [-0.25, -0.2) is 4.79 Å². The number of ether oxygens (including phenoxy) is 1. The van der Waals surface area contributed by atoms with Crippen molar-refractivity contribution < 1.29 is 9.53 Å². The number of nitrogens with one attached hydrogen (secondary N) is 1. The van der Waals surface area contributed by atoms with Crippen LogP contribution in [0.1, 0.15) is 37.6 Å². The van der Waals surface area contributed by atoms with Crippen molar-refractivity contribution in [2.45, 2.75) is 33.2 Å². The molecule has 0 saturated carbocycles. The van der Waals surface area contributed by atoms with Crippen LogP contribution in [0.3, 0.4) is 0 Å². The molecule has 19 heavy (non-hydrogen) atoms. The van der Waals surface area contributed by atoms with E-state index in [1.54, 1.807) is 12.1 Å². The lowest BCUT2D eigenvalue weighted by Crippen LogP contribution is -2.25. The lowest BCUT2D eigenvalue weighted by molar-refractivity contribution is 0.0601. The van der Waals surface area contributed by atoms with Crippen LogP contribution in [0, 0.1) is 5.92 Å². The average molecular weight is 261 g/mol. The predicted molar refractivity (Wildman–Crippen MR) is 79.5 cm³/mol.